The molecule has 1 aliphatic carbocycles. The topological polar surface area (TPSA) is 64.3 Å². The first-order valence-corrected chi connectivity index (χ1v) is 7.93. The summed E-state index contributed by atoms with van der Waals surface area (Å²) in [5.74, 6) is 0.617. The van der Waals surface area contributed by atoms with Gasteiger partial charge in [-0.25, -0.2) is 0 Å². The van der Waals surface area contributed by atoms with E-state index in [2.05, 4.69) is 5.32 Å². The number of rotatable bonds is 5. The Labute approximate surface area is 131 Å². The highest BCUT2D eigenvalue weighted by atomic mass is 35.5. The van der Waals surface area contributed by atoms with Crippen molar-refractivity contribution in [3.8, 4) is 5.75 Å². The number of hydrogen-bond donors (Lipinski definition) is 2. The highest BCUT2D eigenvalue weighted by molar-refractivity contribution is 6.31. The second-order valence-corrected chi connectivity index (χ2v) is 6.01. The van der Waals surface area contributed by atoms with Crippen LogP contribution in [-0.4, -0.2) is 19.1 Å². The van der Waals surface area contributed by atoms with Gasteiger partial charge in [-0.3, -0.25) is 4.79 Å². The molecule has 0 aromatic heterocycles. The monoisotopic (exact) mass is 310 g/mol. The SMILES string of the molecule is CCOc1ccc(Cl)cc1NC(=O)C1(CN)CCCCC1. The normalized spacial score (nSPS) is 17.3. The number of benzene rings is 1. The number of hydrogen-bond acceptors (Lipinski definition) is 3. The predicted molar refractivity (Wildman–Crippen MR) is 85.8 cm³/mol. The maximum atomic E-state index is 12.7. The zero-order valence-electron chi connectivity index (χ0n) is 12.5. The summed E-state index contributed by atoms with van der Waals surface area (Å²) in [5, 5.41) is 3.54. The molecule has 0 saturated heterocycles. The van der Waals surface area contributed by atoms with E-state index in [0.717, 1.165) is 25.7 Å². The molecule has 0 spiro atoms. The lowest BCUT2D eigenvalue weighted by Crippen LogP contribution is -2.43. The van der Waals surface area contributed by atoms with E-state index in [1.807, 2.05) is 6.92 Å². The number of amides is 1. The molecular weight excluding hydrogens is 288 g/mol. The highest BCUT2D eigenvalue weighted by Crippen LogP contribution is 2.37. The van der Waals surface area contributed by atoms with Crippen molar-refractivity contribution in [3.63, 3.8) is 0 Å². The molecule has 21 heavy (non-hydrogen) atoms. The lowest BCUT2D eigenvalue weighted by Gasteiger charge is -2.34. The zero-order valence-corrected chi connectivity index (χ0v) is 13.2. The second-order valence-electron chi connectivity index (χ2n) is 5.57. The summed E-state index contributed by atoms with van der Waals surface area (Å²) < 4.78 is 5.54. The molecule has 1 amide bonds. The average molecular weight is 311 g/mol. The van der Waals surface area contributed by atoms with Crippen molar-refractivity contribution in [1.82, 2.24) is 0 Å². The van der Waals surface area contributed by atoms with Crippen molar-refractivity contribution >= 4 is 23.2 Å². The molecule has 1 aromatic rings. The molecule has 0 unspecified atom stereocenters. The number of carbonyl (C=O) groups excluding carboxylic acids is 1. The van der Waals surface area contributed by atoms with Gasteiger partial charge in [-0.1, -0.05) is 30.9 Å². The Bertz CT molecular complexity index is 499. The van der Waals surface area contributed by atoms with Crippen LogP contribution in [0.2, 0.25) is 5.02 Å². The lowest BCUT2D eigenvalue weighted by atomic mass is 9.73. The van der Waals surface area contributed by atoms with Crippen LogP contribution in [0.15, 0.2) is 18.2 Å². The van der Waals surface area contributed by atoms with Crippen LogP contribution in [0.3, 0.4) is 0 Å². The minimum absolute atomic E-state index is 0.0204. The fourth-order valence-corrected chi connectivity index (χ4v) is 3.06. The van der Waals surface area contributed by atoms with Gasteiger partial charge in [0.15, 0.2) is 0 Å². The van der Waals surface area contributed by atoms with Crippen molar-refractivity contribution in [3.05, 3.63) is 23.2 Å². The van der Waals surface area contributed by atoms with Crippen molar-refractivity contribution < 1.29 is 9.53 Å². The van der Waals surface area contributed by atoms with E-state index in [9.17, 15) is 4.79 Å². The molecule has 1 aromatic carbocycles. The predicted octanol–water partition coefficient (Wildman–Crippen LogP) is 3.59. The minimum atomic E-state index is -0.454. The number of halogens is 1. The molecule has 5 heteroatoms. The van der Waals surface area contributed by atoms with E-state index >= 15 is 0 Å². The van der Waals surface area contributed by atoms with Gasteiger partial charge in [-0.15, -0.1) is 0 Å². The number of anilines is 1. The van der Waals surface area contributed by atoms with Gasteiger partial charge in [0.25, 0.3) is 0 Å². The first-order valence-electron chi connectivity index (χ1n) is 7.55. The van der Waals surface area contributed by atoms with E-state index in [-0.39, 0.29) is 5.91 Å². The highest BCUT2D eigenvalue weighted by Gasteiger charge is 2.38. The Balaban J connectivity index is 2.19. The van der Waals surface area contributed by atoms with Gasteiger partial charge >= 0.3 is 0 Å². The maximum absolute atomic E-state index is 12.7. The molecule has 2 rings (SSSR count). The standard InChI is InChI=1S/C16H23ClN2O2/c1-2-21-14-7-6-12(17)10-13(14)19-15(20)16(11-18)8-4-3-5-9-16/h6-7,10H,2-5,8-9,11,18H2,1H3,(H,19,20). The molecule has 0 heterocycles. The third-order valence-electron chi connectivity index (χ3n) is 4.17. The fraction of sp³-hybridized carbons (Fsp3) is 0.562. The molecular formula is C16H23ClN2O2. The van der Waals surface area contributed by atoms with E-state index in [1.54, 1.807) is 18.2 Å². The van der Waals surface area contributed by atoms with Gasteiger partial charge in [0, 0.05) is 11.6 Å². The van der Waals surface area contributed by atoms with Gasteiger partial charge in [-0.05, 0) is 38.0 Å². The zero-order chi connectivity index (χ0) is 15.3. The van der Waals surface area contributed by atoms with Crippen LogP contribution in [-0.2, 0) is 4.79 Å². The van der Waals surface area contributed by atoms with Crippen LogP contribution in [0.4, 0.5) is 5.69 Å². The molecule has 1 fully saturated rings. The summed E-state index contributed by atoms with van der Waals surface area (Å²) in [6.45, 7) is 2.82. The average Bonchev–Trinajstić information content (AvgIpc) is 2.50. The third-order valence-corrected chi connectivity index (χ3v) is 4.41. The first-order chi connectivity index (χ1) is 10.1. The smallest absolute Gasteiger partial charge is 0.231 e. The number of nitrogens with two attached hydrogens (primary N) is 1. The number of ether oxygens (including phenoxy) is 1. The second kappa shape index (κ2) is 7.14. The van der Waals surface area contributed by atoms with Crippen LogP contribution in [0, 0.1) is 5.41 Å². The van der Waals surface area contributed by atoms with Crippen LogP contribution >= 0.6 is 11.6 Å². The van der Waals surface area contributed by atoms with E-state index in [0.29, 0.717) is 29.6 Å². The van der Waals surface area contributed by atoms with Gasteiger partial charge in [-0.2, -0.15) is 0 Å². The Kier molecular flexibility index (Phi) is 5.48. The van der Waals surface area contributed by atoms with Crippen LogP contribution < -0.4 is 15.8 Å². The summed E-state index contributed by atoms with van der Waals surface area (Å²) >= 11 is 6.02. The van der Waals surface area contributed by atoms with E-state index in [4.69, 9.17) is 22.1 Å². The number of nitrogens with one attached hydrogen (secondary N) is 1. The Hall–Kier alpha value is -1.26. The maximum Gasteiger partial charge on any atom is 0.231 e. The molecule has 0 bridgehead atoms. The largest absolute Gasteiger partial charge is 0.492 e. The van der Waals surface area contributed by atoms with Crippen molar-refractivity contribution in [2.24, 2.45) is 11.1 Å². The van der Waals surface area contributed by atoms with Crippen molar-refractivity contribution in [1.29, 1.82) is 0 Å². The molecule has 0 atom stereocenters. The van der Waals surface area contributed by atoms with Gasteiger partial charge < -0.3 is 15.8 Å². The molecule has 0 aliphatic heterocycles. The van der Waals surface area contributed by atoms with Gasteiger partial charge in [0.05, 0.1) is 17.7 Å². The molecule has 3 N–H and O–H groups in total. The van der Waals surface area contributed by atoms with Crippen LogP contribution in [0.5, 0.6) is 5.75 Å². The molecule has 116 valence electrons. The summed E-state index contributed by atoms with van der Waals surface area (Å²) in [6, 6.07) is 5.25. The van der Waals surface area contributed by atoms with Crippen molar-refractivity contribution in [2.75, 3.05) is 18.5 Å². The molecule has 1 saturated carbocycles. The quantitative estimate of drug-likeness (QED) is 0.873. The Morgan fingerprint density at radius 1 is 1.38 bits per heavy atom. The van der Waals surface area contributed by atoms with Gasteiger partial charge in [0.1, 0.15) is 5.75 Å². The molecule has 1 aliphatic rings. The summed E-state index contributed by atoms with van der Waals surface area (Å²) in [6.07, 6.45) is 4.98. The molecule has 0 radical (unpaired) electrons. The first kappa shape index (κ1) is 16.1. The Morgan fingerprint density at radius 2 is 2.10 bits per heavy atom. The summed E-state index contributed by atoms with van der Waals surface area (Å²) in [4.78, 5) is 12.7. The lowest BCUT2D eigenvalue weighted by molar-refractivity contribution is -0.126. The van der Waals surface area contributed by atoms with Crippen molar-refractivity contribution in [2.45, 2.75) is 39.0 Å². The van der Waals surface area contributed by atoms with E-state index < -0.39 is 5.41 Å². The summed E-state index contributed by atoms with van der Waals surface area (Å²) in [5.41, 5.74) is 6.07. The summed E-state index contributed by atoms with van der Waals surface area (Å²) in [7, 11) is 0. The fourth-order valence-electron chi connectivity index (χ4n) is 2.89. The minimum Gasteiger partial charge on any atom is -0.492 e. The number of carbonyl (C=O) groups is 1. The third kappa shape index (κ3) is 3.69. The Morgan fingerprint density at radius 3 is 2.71 bits per heavy atom. The van der Waals surface area contributed by atoms with Crippen LogP contribution in [0.1, 0.15) is 39.0 Å². The molecule has 4 nitrogen and oxygen atoms in total. The van der Waals surface area contributed by atoms with E-state index in [1.165, 1.54) is 6.42 Å². The van der Waals surface area contributed by atoms with Crippen LogP contribution in [0.25, 0.3) is 0 Å². The van der Waals surface area contributed by atoms with Gasteiger partial charge in [0.2, 0.25) is 5.91 Å².